The Kier molecular flexibility index (Phi) is 7.39. The molecule has 8 heteroatoms. The number of carbonyl (C=O) groups excluding carboxylic acids is 1. The second kappa shape index (κ2) is 9.81. The average molecular weight is 451 g/mol. The molecule has 0 spiro atoms. The highest BCUT2D eigenvalue weighted by molar-refractivity contribution is 7.89. The Balaban J connectivity index is 1.44. The molecular formula is C22H27ClN2O4S. The van der Waals surface area contributed by atoms with Crippen molar-refractivity contribution in [2.75, 3.05) is 32.8 Å². The molecule has 0 atom stereocenters. The molecule has 1 fully saturated rings. The summed E-state index contributed by atoms with van der Waals surface area (Å²) in [6, 6.07) is 12.3. The lowest BCUT2D eigenvalue weighted by molar-refractivity contribution is -0.132. The van der Waals surface area contributed by atoms with Crippen molar-refractivity contribution in [1.82, 2.24) is 9.21 Å². The first-order valence-electron chi connectivity index (χ1n) is 10.0. The highest BCUT2D eigenvalue weighted by atomic mass is 35.5. The monoisotopic (exact) mass is 450 g/mol. The van der Waals surface area contributed by atoms with Crippen LogP contribution in [0.3, 0.4) is 0 Å². The van der Waals surface area contributed by atoms with Crippen LogP contribution in [-0.4, -0.2) is 56.3 Å². The molecule has 0 unspecified atom stereocenters. The smallest absolute Gasteiger partial charge is 0.243 e. The zero-order chi connectivity index (χ0) is 21.7. The zero-order valence-corrected chi connectivity index (χ0v) is 18.9. The van der Waals surface area contributed by atoms with E-state index in [9.17, 15) is 13.2 Å². The van der Waals surface area contributed by atoms with E-state index in [2.05, 4.69) is 0 Å². The number of rotatable bonds is 7. The lowest BCUT2D eigenvalue weighted by Crippen LogP contribution is -2.50. The fourth-order valence-corrected chi connectivity index (χ4v) is 5.02. The summed E-state index contributed by atoms with van der Waals surface area (Å²) in [4.78, 5) is 14.5. The Labute approximate surface area is 183 Å². The van der Waals surface area contributed by atoms with Crippen molar-refractivity contribution in [2.45, 2.75) is 31.6 Å². The van der Waals surface area contributed by atoms with Crippen LogP contribution in [0.5, 0.6) is 5.75 Å². The van der Waals surface area contributed by atoms with E-state index in [-0.39, 0.29) is 5.91 Å². The molecule has 0 bridgehead atoms. The van der Waals surface area contributed by atoms with Crippen LogP contribution >= 0.6 is 11.6 Å². The molecule has 162 valence electrons. The van der Waals surface area contributed by atoms with Gasteiger partial charge in [0.2, 0.25) is 15.9 Å². The van der Waals surface area contributed by atoms with E-state index in [1.807, 2.05) is 26.0 Å². The van der Waals surface area contributed by atoms with E-state index < -0.39 is 10.0 Å². The van der Waals surface area contributed by atoms with Gasteiger partial charge in [-0.25, -0.2) is 8.42 Å². The fourth-order valence-electron chi connectivity index (χ4n) is 3.38. The van der Waals surface area contributed by atoms with Crippen molar-refractivity contribution in [3.8, 4) is 5.75 Å². The van der Waals surface area contributed by atoms with Crippen molar-refractivity contribution in [3.05, 3.63) is 58.6 Å². The van der Waals surface area contributed by atoms with Gasteiger partial charge in [0.05, 0.1) is 11.5 Å². The molecule has 30 heavy (non-hydrogen) atoms. The van der Waals surface area contributed by atoms with E-state index in [0.29, 0.717) is 55.5 Å². The first kappa shape index (κ1) is 22.6. The SMILES string of the molecule is Cc1ccc(S(=O)(=O)N2CCN(C(=O)CCCOc3ccc(Cl)cc3C)CC2)cc1. The summed E-state index contributed by atoms with van der Waals surface area (Å²) in [6.07, 6.45) is 0.972. The quantitative estimate of drug-likeness (QED) is 0.604. The van der Waals surface area contributed by atoms with Crippen LogP contribution in [0.4, 0.5) is 0 Å². The Hall–Kier alpha value is -2.09. The minimum atomic E-state index is -3.52. The third kappa shape index (κ3) is 5.53. The molecule has 1 heterocycles. The number of nitrogens with zero attached hydrogens (tertiary/aromatic N) is 2. The van der Waals surface area contributed by atoms with Gasteiger partial charge < -0.3 is 9.64 Å². The Morgan fingerprint density at radius 2 is 1.70 bits per heavy atom. The molecule has 0 radical (unpaired) electrons. The van der Waals surface area contributed by atoms with Gasteiger partial charge in [0.15, 0.2) is 0 Å². The summed E-state index contributed by atoms with van der Waals surface area (Å²) >= 11 is 5.94. The van der Waals surface area contributed by atoms with E-state index >= 15 is 0 Å². The summed E-state index contributed by atoms with van der Waals surface area (Å²) in [5.74, 6) is 0.792. The average Bonchev–Trinajstić information content (AvgIpc) is 2.72. The Morgan fingerprint density at radius 3 is 2.33 bits per heavy atom. The van der Waals surface area contributed by atoms with Crippen molar-refractivity contribution in [2.24, 2.45) is 0 Å². The van der Waals surface area contributed by atoms with E-state index in [1.165, 1.54) is 4.31 Å². The first-order chi connectivity index (χ1) is 14.3. The third-order valence-corrected chi connectivity index (χ3v) is 7.33. The molecule has 3 rings (SSSR count). The molecule has 1 amide bonds. The highest BCUT2D eigenvalue weighted by Crippen LogP contribution is 2.22. The summed E-state index contributed by atoms with van der Waals surface area (Å²) in [6.45, 7) is 5.71. The Morgan fingerprint density at radius 1 is 1.03 bits per heavy atom. The topological polar surface area (TPSA) is 66.9 Å². The molecule has 1 aliphatic rings. The van der Waals surface area contributed by atoms with E-state index in [1.54, 1.807) is 35.2 Å². The van der Waals surface area contributed by atoms with Crippen molar-refractivity contribution < 1.29 is 17.9 Å². The van der Waals surface area contributed by atoms with Crippen LogP contribution in [0, 0.1) is 13.8 Å². The van der Waals surface area contributed by atoms with Gasteiger partial charge in [-0.05, 0) is 56.2 Å². The van der Waals surface area contributed by atoms with E-state index in [0.717, 1.165) is 16.9 Å². The zero-order valence-electron chi connectivity index (χ0n) is 17.3. The first-order valence-corrected chi connectivity index (χ1v) is 11.8. The maximum Gasteiger partial charge on any atom is 0.243 e. The molecule has 1 saturated heterocycles. The minimum absolute atomic E-state index is 0.0267. The number of hydrogen-bond donors (Lipinski definition) is 0. The van der Waals surface area contributed by atoms with Crippen LogP contribution in [0.25, 0.3) is 0 Å². The number of ether oxygens (including phenoxy) is 1. The number of amides is 1. The molecule has 0 aromatic heterocycles. The number of aryl methyl sites for hydroxylation is 2. The number of hydrogen-bond acceptors (Lipinski definition) is 4. The highest BCUT2D eigenvalue weighted by Gasteiger charge is 2.29. The maximum atomic E-state index is 12.8. The molecule has 0 saturated carbocycles. The van der Waals surface area contributed by atoms with Gasteiger partial charge in [-0.2, -0.15) is 4.31 Å². The predicted molar refractivity (Wildman–Crippen MR) is 117 cm³/mol. The molecule has 2 aromatic carbocycles. The third-order valence-electron chi connectivity index (χ3n) is 5.18. The minimum Gasteiger partial charge on any atom is -0.493 e. The van der Waals surface area contributed by atoms with Gasteiger partial charge >= 0.3 is 0 Å². The van der Waals surface area contributed by atoms with E-state index in [4.69, 9.17) is 16.3 Å². The second-order valence-electron chi connectivity index (χ2n) is 7.46. The van der Waals surface area contributed by atoms with Gasteiger partial charge in [-0.1, -0.05) is 29.3 Å². The van der Waals surface area contributed by atoms with Crippen LogP contribution < -0.4 is 4.74 Å². The van der Waals surface area contributed by atoms with Crippen LogP contribution in [0.2, 0.25) is 5.02 Å². The van der Waals surface area contributed by atoms with Gasteiger partial charge in [0.25, 0.3) is 0 Å². The van der Waals surface area contributed by atoms with Crippen LogP contribution in [-0.2, 0) is 14.8 Å². The maximum absolute atomic E-state index is 12.8. The summed E-state index contributed by atoms with van der Waals surface area (Å²) in [5.41, 5.74) is 1.97. The molecule has 1 aliphatic heterocycles. The van der Waals surface area contributed by atoms with Crippen LogP contribution in [0.15, 0.2) is 47.4 Å². The normalized spacial score (nSPS) is 15.2. The summed E-state index contributed by atoms with van der Waals surface area (Å²) < 4.78 is 32.7. The second-order valence-corrected chi connectivity index (χ2v) is 9.83. The predicted octanol–water partition coefficient (Wildman–Crippen LogP) is 3.65. The fraction of sp³-hybridized carbons (Fsp3) is 0.409. The Bertz CT molecular complexity index is 985. The van der Waals surface area contributed by atoms with Crippen molar-refractivity contribution in [3.63, 3.8) is 0 Å². The van der Waals surface area contributed by atoms with Gasteiger partial charge in [-0.3, -0.25) is 4.79 Å². The number of sulfonamides is 1. The van der Waals surface area contributed by atoms with Crippen molar-refractivity contribution >= 4 is 27.5 Å². The summed E-state index contributed by atoms with van der Waals surface area (Å²) in [5, 5.41) is 0.665. The largest absolute Gasteiger partial charge is 0.493 e. The molecule has 6 nitrogen and oxygen atoms in total. The number of benzene rings is 2. The molecule has 0 aliphatic carbocycles. The van der Waals surface area contributed by atoms with Gasteiger partial charge in [-0.15, -0.1) is 0 Å². The number of piperazine rings is 1. The van der Waals surface area contributed by atoms with Gasteiger partial charge in [0, 0.05) is 37.6 Å². The number of halogens is 1. The number of carbonyl (C=O) groups is 1. The lowest BCUT2D eigenvalue weighted by Gasteiger charge is -2.34. The van der Waals surface area contributed by atoms with Gasteiger partial charge in [0.1, 0.15) is 5.75 Å². The molecule has 0 N–H and O–H groups in total. The van der Waals surface area contributed by atoms with Crippen LogP contribution in [0.1, 0.15) is 24.0 Å². The van der Waals surface area contributed by atoms with Crippen molar-refractivity contribution in [1.29, 1.82) is 0 Å². The molecule has 2 aromatic rings. The lowest BCUT2D eigenvalue weighted by atomic mass is 10.2. The summed E-state index contributed by atoms with van der Waals surface area (Å²) in [7, 11) is -3.52. The standard InChI is InChI=1S/C22H27ClN2O4S/c1-17-5-8-20(9-6-17)30(27,28)25-13-11-24(12-14-25)22(26)4-3-15-29-21-10-7-19(23)16-18(21)2/h5-10,16H,3-4,11-15H2,1-2H3. The molecular weight excluding hydrogens is 424 g/mol.